The SMILES string of the molecule is Cc1cc(NCCCNC(=O)c2occc2C)ncc1[N+](=O)[O-]. The number of furan rings is 1. The smallest absolute Gasteiger partial charge is 0.290 e. The minimum Gasteiger partial charge on any atom is -0.459 e. The molecule has 2 aromatic heterocycles. The van der Waals surface area contributed by atoms with Crippen LogP contribution in [0.15, 0.2) is 29.0 Å². The Kier molecular flexibility index (Phi) is 5.29. The van der Waals surface area contributed by atoms with Crippen LogP contribution in [0.1, 0.15) is 28.1 Å². The van der Waals surface area contributed by atoms with Gasteiger partial charge >= 0.3 is 0 Å². The molecule has 2 rings (SSSR count). The first-order valence-electron chi connectivity index (χ1n) is 7.16. The highest BCUT2D eigenvalue weighted by molar-refractivity contribution is 5.92. The number of hydrogen-bond acceptors (Lipinski definition) is 6. The molecule has 23 heavy (non-hydrogen) atoms. The summed E-state index contributed by atoms with van der Waals surface area (Å²) in [5, 5.41) is 16.5. The normalized spacial score (nSPS) is 10.3. The summed E-state index contributed by atoms with van der Waals surface area (Å²) >= 11 is 0. The lowest BCUT2D eigenvalue weighted by molar-refractivity contribution is -0.385. The second-order valence-electron chi connectivity index (χ2n) is 5.08. The molecule has 2 N–H and O–H groups in total. The summed E-state index contributed by atoms with van der Waals surface area (Å²) in [4.78, 5) is 26.0. The number of aryl methyl sites for hydroxylation is 2. The Morgan fingerprint density at radius 1 is 1.35 bits per heavy atom. The van der Waals surface area contributed by atoms with Crippen molar-refractivity contribution in [3.63, 3.8) is 0 Å². The monoisotopic (exact) mass is 318 g/mol. The molecule has 2 aromatic rings. The molecule has 0 aliphatic rings. The Labute approximate surface area is 133 Å². The molecule has 0 saturated heterocycles. The molecule has 0 spiro atoms. The van der Waals surface area contributed by atoms with Crippen LogP contribution < -0.4 is 10.6 Å². The Bertz CT molecular complexity index is 711. The summed E-state index contributed by atoms with van der Waals surface area (Å²) in [5.74, 6) is 0.656. The van der Waals surface area contributed by atoms with Crippen LogP contribution in [0.25, 0.3) is 0 Å². The summed E-state index contributed by atoms with van der Waals surface area (Å²) in [7, 11) is 0. The average Bonchev–Trinajstić information content (AvgIpc) is 2.92. The van der Waals surface area contributed by atoms with E-state index >= 15 is 0 Å². The molecular weight excluding hydrogens is 300 g/mol. The number of hydrogen-bond donors (Lipinski definition) is 2. The lowest BCUT2D eigenvalue weighted by atomic mass is 10.2. The Morgan fingerprint density at radius 2 is 2.13 bits per heavy atom. The lowest BCUT2D eigenvalue weighted by Gasteiger charge is -2.07. The zero-order valence-corrected chi connectivity index (χ0v) is 13.0. The van der Waals surface area contributed by atoms with Crippen molar-refractivity contribution in [3.8, 4) is 0 Å². The molecule has 122 valence electrons. The van der Waals surface area contributed by atoms with Gasteiger partial charge in [-0.15, -0.1) is 0 Å². The summed E-state index contributed by atoms with van der Waals surface area (Å²) in [5.41, 5.74) is 1.34. The van der Waals surface area contributed by atoms with E-state index < -0.39 is 4.92 Å². The van der Waals surface area contributed by atoms with Crippen LogP contribution in [-0.2, 0) is 0 Å². The number of pyridine rings is 1. The quantitative estimate of drug-likeness (QED) is 0.461. The van der Waals surface area contributed by atoms with Gasteiger partial charge in [0.25, 0.3) is 11.6 Å². The van der Waals surface area contributed by atoms with Crippen molar-refractivity contribution in [3.05, 3.63) is 51.6 Å². The lowest BCUT2D eigenvalue weighted by Crippen LogP contribution is -2.26. The molecule has 0 aliphatic carbocycles. The molecule has 2 heterocycles. The van der Waals surface area contributed by atoms with Crippen molar-refractivity contribution in [2.75, 3.05) is 18.4 Å². The van der Waals surface area contributed by atoms with Gasteiger partial charge in [0.15, 0.2) is 5.76 Å². The summed E-state index contributed by atoms with van der Waals surface area (Å²) in [6, 6.07) is 3.36. The zero-order valence-electron chi connectivity index (χ0n) is 13.0. The van der Waals surface area contributed by atoms with Gasteiger partial charge < -0.3 is 15.1 Å². The van der Waals surface area contributed by atoms with Gasteiger partial charge in [0.1, 0.15) is 12.0 Å². The van der Waals surface area contributed by atoms with E-state index in [1.54, 1.807) is 19.1 Å². The van der Waals surface area contributed by atoms with Gasteiger partial charge in [-0.25, -0.2) is 4.98 Å². The number of amides is 1. The van der Waals surface area contributed by atoms with Crippen LogP contribution in [0.3, 0.4) is 0 Å². The van der Waals surface area contributed by atoms with Gasteiger partial charge in [-0.3, -0.25) is 14.9 Å². The van der Waals surface area contributed by atoms with Crippen LogP contribution in [0, 0.1) is 24.0 Å². The third-order valence-corrected chi connectivity index (χ3v) is 3.29. The number of carbonyl (C=O) groups is 1. The molecule has 1 amide bonds. The van der Waals surface area contributed by atoms with Crippen LogP contribution >= 0.6 is 0 Å². The van der Waals surface area contributed by atoms with E-state index in [0.717, 1.165) is 5.56 Å². The first-order valence-corrected chi connectivity index (χ1v) is 7.16. The topological polar surface area (TPSA) is 110 Å². The van der Waals surface area contributed by atoms with E-state index in [1.807, 2.05) is 6.92 Å². The molecule has 8 heteroatoms. The molecule has 0 aromatic carbocycles. The summed E-state index contributed by atoms with van der Waals surface area (Å²) in [6.45, 7) is 4.54. The van der Waals surface area contributed by atoms with Crippen molar-refractivity contribution in [2.24, 2.45) is 0 Å². The minimum atomic E-state index is -0.460. The number of nitrogens with zero attached hydrogens (tertiary/aromatic N) is 2. The van der Waals surface area contributed by atoms with E-state index in [9.17, 15) is 14.9 Å². The van der Waals surface area contributed by atoms with Crippen LogP contribution in [-0.4, -0.2) is 28.9 Å². The third-order valence-electron chi connectivity index (χ3n) is 3.29. The van der Waals surface area contributed by atoms with E-state index in [-0.39, 0.29) is 11.6 Å². The van der Waals surface area contributed by atoms with Gasteiger partial charge in [0.2, 0.25) is 0 Å². The maximum Gasteiger partial charge on any atom is 0.290 e. The van der Waals surface area contributed by atoms with Gasteiger partial charge in [-0.2, -0.15) is 0 Å². The molecule has 0 aliphatic heterocycles. The van der Waals surface area contributed by atoms with Crippen molar-refractivity contribution in [2.45, 2.75) is 20.3 Å². The number of nitro groups is 1. The van der Waals surface area contributed by atoms with Gasteiger partial charge in [-0.05, 0) is 32.4 Å². The highest BCUT2D eigenvalue weighted by atomic mass is 16.6. The van der Waals surface area contributed by atoms with E-state index in [2.05, 4.69) is 15.6 Å². The fourth-order valence-electron chi connectivity index (χ4n) is 2.03. The molecule has 0 unspecified atom stereocenters. The van der Waals surface area contributed by atoms with E-state index in [0.29, 0.717) is 36.7 Å². The van der Waals surface area contributed by atoms with Gasteiger partial charge in [0.05, 0.1) is 11.2 Å². The number of anilines is 1. The van der Waals surface area contributed by atoms with Crippen molar-refractivity contribution in [1.29, 1.82) is 0 Å². The molecule has 8 nitrogen and oxygen atoms in total. The Morgan fingerprint density at radius 3 is 2.74 bits per heavy atom. The fourth-order valence-corrected chi connectivity index (χ4v) is 2.03. The predicted molar refractivity (Wildman–Crippen MR) is 84.5 cm³/mol. The Balaban J connectivity index is 1.74. The number of rotatable bonds is 7. The Hall–Kier alpha value is -2.90. The highest BCUT2D eigenvalue weighted by Crippen LogP contribution is 2.18. The maximum absolute atomic E-state index is 11.8. The second-order valence-corrected chi connectivity index (χ2v) is 5.08. The maximum atomic E-state index is 11.8. The standard InChI is InChI=1S/C15H18N4O4/c1-10-4-7-23-14(10)15(20)17-6-3-5-16-13-8-11(2)12(9-18-13)19(21)22/h4,7-9H,3,5-6H2,1-2H3,(H,16,18)(H,17,20). The molecular formula is C15H18N4O4. The molecule has 0 saturated carbocycles. The van der Waals surface area contributed by atoms with Crippen LogP contribution in [0.5, 0.6) is 0 Å². The van der Waals surface area contributed by atoms with E-state index in [4.69, 9.17) is 4.42 Å². The highest BCUT2D eigenvalue weighted by Gasteiger charge is 2.12. The van der Waals surface area contributed by atoms with Crippen molar-refractivity contribution >= 4 is 17.4 Å². The minimum absolute atomic E-state index is 0.00312. The number of aromatic nitrogens is 1. The zero-order chi connectivity index (χ0) is 16.8. The van der Waals surface area contributed by atoms with Crippen LogP contribution in [0.4, 0.5) is 11.5 Å². The molecule has 0 bridgehead atoms. The largest absolute Gasteiger partial charge is 0.459 e. The first kappa shape index (κ1) is 16.5. The van der Waals surface area contributed by atoms with Crippen molar-refractivity contribution < 1.29 is 14.1 Å². The van der Waals surface area contributed by atoms with E-state index in [1.165, 1.54) is 12.5 Å². The fraction of sp³-hybridized carbons (Fsp3) is 0.333. The summed E-state index contributed by atoms with van der Waals surface area (Å²) in [6.07, 6.45) is 3.40. The van der Waals surface area contributed by atoms with Gasteiger partial charge in [-0.1, -0.05) is 0 Å². The number of carbonyl (C=O) groups excluding carboxylic acids is 1. The third kappa shape index (κ3) is 4.29. The van der Waals surface area contributed by atoms with Crippen molar-refractivity contribution in [1.82, 2.24) is 10.3 Å². The molecule has 0 fully saturated rings. The second kappa shape index (κ2) is 7.39. The summed E-state index contributed by atoms with van der Waals surface area (Å²) < 4.78 is 5.10. The molecule has 0 radical (unpaired) electrons. The van der Waals surface area contributed by atoms with Gasteiger partial charge in [0, 0.05) is 24.2 Å². The first-order chi connectivity index (χ1) is 11.0. The number of nitrogens with one attached hydrogen (secondary N) is 2. The average molecular weight is 318 g/mol. The predicted octanol–water partition coefficient (Wildman–Crippen LogP) is 2.43. The molecule has 0 atom stereocenters. The van der Waals surface area contributed by atoms with Crippen LogP contribution in [0.2, 0.25) is 0 Å².